The number of carbonyl (C=O) groups excluding carboxylic acids is 2. The number of piperazine rings is 1. The third-order valence-corrected chi connectivity index (χ3v) is 6.07. The van der Waals surface area contributed by atoms with Crippen molar-refractivity contribution in [1.29, 1.82) is 0 Å². The van der Waals surface area contributed by atoms with E-state index in [2.05, 4.69) is 14.7 Å². The molecule has 1 fully saturated rings. The van der Waals surface area contributed by atoms with Crippen molar-refractivity contribution in [3.8, 4) is 0 Å². The summed E-state index contributed by atoms with van der Waals surface area (Å²) in [6.07, 6.45) is 1.38. The van der Waals surface area contributed by atoms with Crippen molar-refractivity contribution in [3.63, 3.8) is 0 Å². The average molecular weight is 483 g/mol. The molecule has 0 N–H and O–H groups in total. The van der Waals surface area contributed by atoms with E-state index in [4.69, 9.17) is 22.9 Å². The van der Waals surface area contributed by atoms with Gasteiger partial charge in [-0.1, -0.05) is 24.2 Å². The Morgan fingerprint density at radius 1 is 1.24 bits per heavy atom. The molecule has 1 aliphatic rings. The lowest BCUT2D eigenvalue weighted by Gasteiger charge is -2.40. The number of amides is 1. The van der Waals surface area contributed by atoms with Crippen LogP contribution in [0.5, 0.6) is 0 Å². The van der Waals surface area contributed by atoms with Crippen molar-refractivity contribution in [3.05, 3.63) is 69.2 Å². The Labute approximate surface area is 206 Å². The minimum Gasteiger partial charge on any atom is -0.444 e. The quantitative estimate of drug-likeness (QED) is 0.418. The summed E-state index contributed by atoms with van der Waals surface area (Å²) in [6, 6.07) is 6.99. The summed E-state index contributed by atoms with van der Waals surface area (Å²) in [4.78, 5) is 36.6. The van der Waals surface area contributed by atoms with E-state index >= 15 is 0 Å². The number of ketones is 1. The van der Waals surface area contributed by atoms with E-state index in [1.165, 1.54) is 6.20 Å². The maximum Gasteiger partial charge on any atom is 0.410 e. The highest BCUT2D eigenvalue weighted by Gasteiger charge is 2.31. The summed E-state index contributed by atoms with van der Waals surface area (Å²) in [5.41, 5.74) is 2.93. The molecular weight excluding hydrogens is 452 g/mol. The van der Waals surface area contributed by atoms with Gasteiger partial charge in [-0.05, 0) is 69.5 Å². The molecule has 1 aliphatic heterocycles. The van der Waals surface area contributed by atoms with Gasteiger partial charge < -0.3 is 14.5 Å². The van der Waals surface area contributed by atoms with Gasteiger partial charge in [-0.3, -0.25) is 9.69 Å². The lowest BCUT2D eigenvalue weighted by molar-refractivity contribution is 0.000532. The van der Waals surface area contributed by atoms with Crippen LogP contribution in [0.4, 0.5) is 10.6 Å². The third kappa shape index (κ3) is 6.55. The monoisotopic (exact) mass is 482 g/mol. The molecule has 1 saturated heterocycles. The number of hydrogen-bond donors (Lipinski definition) is 0. The van der Waals surface area contributed by atoms with Crippen molar-refractivity contribution in [2.24, 2.45) is 0 Å². The topological polar surface area (TPSA) is 67.1 Å². The molecule has 0 aliphatic carbocycles. The number of pyridine rings is 1. The fraction of sp³-hybridized carbons (Fsp3) is 0.462. The van der Waals surface area contributed by atoms with Crippen LogP contribution in [-0.4, -0.2) is 57.9 Å². The van der Waals surface area contributed by atoms with E-state index in [1.807, 2.05) is 46.8 Å². The number of carbonyl (C=O) groups is 2. The second kappa shape index (κ2) is 10.5. The number of Topliss-reactive ketones (excluding diaryl/α,β-unsaturated/α-hetero) is 1. The van der Waals surface area contributed by atoms with E-state index in [-0.39, 0.29) is 30.2 Å². The number of ether oxygens (including phenoxy) is 1. The first-order valence-electron chi connectivity index (χ1n) is 11.3. The van der Waals surface area contributed by atoms with E-state index in [0.717, 1.165) is 29.8 Å². The van der Waals surface area contributed by atoms with Crippen LogP contribution in [0.2, 0.25) is 5.02 Å². The molecule has 0 unspecified atom stereocenters. The third-order valence-electron chi connectivity index (χ3n) is 5.86. The van der Waals surface area contributed by atoms with Gasteiger partial charge in [0.2, 0.25) is 0 Å². The number of aromatic nitrogens is 1. The molecule has 3 rings (SSSR count). The van der Waals surface area contributed by atoms with Gasteiger partial charge in [0.1, 0.15) is 11.8 Å². The zero-order valence-electron chi connectivity index (χ0n) is 20.4. The predicted octanol–water partition coefficient (Wildman–Crippen LogP) is 5.46. The predicted molar refractivity (Wildman–Crippen MR) is 132 cm³/mol. The molecular formula is C26H31ClN4O3. The van der Waals surface area contributed by atoms with Crippen LogP contribution in [0.15, 0.2) is 30.5 Å². The first-order valence-corrected chi connectivity index (χ1v) is 11.7. The molecule has 8 heteroatoms. The van der Waals surface area contributed by atoms with Gasteiger partial charge in [-0.2, -0.15) is 0 Å². The lowest BCUT2D eigenvalue weighted by atomic mass is 9.96. The summed E-state index contributed by atoms with van der Waals surface area (Å²) in [6.45, 7) is 19.4. The molecule has 0 saturated carbocycles. The van der Waals surface area contributed by atoms with Crippen molar-refractivity contribution in [2.45, 2.75) is 59.2 Å². The molecule has 0 spiro atoms. The van der Waals surface area contributed by atoms with Gasteiger partial charge in [0.05, 0.1) is 5.56 Å². The molecule has 0 bridgehead atoms. The minimum absolute atomic E-state index is 0.0232. The van der Waals surface area contributed by atoms with E-state index in [0.29, 0.717) is 23.7 Å². The van der Waals surface area contributed by atoms with Gasteiger partial charge >= 0.3 is 6.09 Å². The summed E-state index contributed by atoms with van der Waals surface area (Å²) in [5.74, 6) is 0.193. The lowest BCUT2D eigenvalue weighted by Crippen LogP contribution is -2.54. The van der Waals surface area contributed by atoms with Crippen LogP contribution in [0.1, 0.15) is 54.7 Å². The average Bonchev–Trinajstić information content (AvgIpc) is 2.75. The highest BCUT2D eigenvalue weighted by Crippen LogP contribution is 2.25. The molecule has 34 heavy (non-hydrogen) atoms. The van der Waals surface area contributed by atoms with Crippen LogP contribution < -0.4 is 0 Å². The van der Waals surface area contributed by atoms with Crippen molar-refractivity contribution >= 4 is 29.3 Å². The highest BCUT2D eigenvalue weighted by atomic mass is 35.5. The summed E-state index contributed by atoms with van der Waals surface area (Å²) in [5, 5.41) is 0.588. The highest BCUT2D eigenvalue weighted by molar-refractivity contribution is 6.30. The van der Waals surface area contributed by atoms with Crippen LogP contribution in [0.25, 0.3) is 4.85 Å². The van der Waals surface area contributed by atoms with E-state index < -0.39 is 5.60 Å². The maximum atomic E-state index is 12.8. The van der Waals surface area contributed by atoms with Gasteiger partial charge in [-0.25, -0.2) is 4.79 Å². The number of halogens is 1. The first kappa shape index (κ1) is 25.7. The van der Waals surface area contributed by atoms with Crippen LogP contribution >= 0.6 is 11.6 Å². The SMILES string of the molecule is [C-]#[N+]c1ccc(C(=O)Cc2cc(Cl)cc(CN3CCN(C(=O)OC(C)(C)C)[C@@H](C)C3)c2C)cn1. The Hall–Kier alpha value is -2.95. The molecule has 1 amide bonds. The molecule has 1 atom stereocenters. The van der Waals surface area contributed by atoms with Gasteiger partial charge in [-0.15, -0.1) is 4.98 Å². The maximum absolute atomic E-state index is 12.8. The van der Waals surface area contributed by atoms with E-state index in [1.54, 1.807) is 17.0 Å². The Kier molecular flexibility index (Phi) is 7.96. The Morgan fingerprint density at radius 2 is 1.94 bits per heavy atom. The largest absolute Gasteiger partial charge is 0.444 e. The second-order valence-corrected chi connectivity index (χ2v) is 10.2. The Balaban J connectivity index is 1.68. The summed E-state index contributed by atoms with van der Waals surface area (Å²) in [7, 11) is 0. The molecule has 1 aromatic heterocycles. The fourth-order valence-corrected chi connectivity index (χ4v) is 4.31. The molecule has 180 valence electrons. The van der Waals surface area contributed by atoms with Crippen LogP contribution in [0.3, 0.4) is 0 Å². The van der Waals surface area contributed by atoms with E-state index in [9.17, 15) is 9.59 Å². The van der Waals surface area contributed by atoms with Gasteiger partial charge in [0, 0.05) is 43.7 Å². The summed E-state index contributed by atoms with van der Waals surface area (Å²) >= 11 is 6.42. The number of benzene rings is 1. The van der Waals surface area contributed by atoms with Crippen molar-refractivity contribution in [1.82, 2.24) is 14.8 Å². The fourth-order valence-electron chi connectivity index (χ4n) is 4.05. The minimum atomic E-state index is -0.519. The first-order chi connectivity index (χ1) is 16.0. The molecule has 0 radical (unpaired) electrons. The number of rotatable bonds is 5. The van der Waals surface area contributed by atoms with Crippen molar-refractivity contribution in [2.75, 3.05) is 19.6 Å². The standard InChI is InChI=1S/C26H31ClN4O3/c1-17-15-30(9-10-31(17)25(33)34-26(3,4)5)16-21-12-22(27)11-20(18(21)2)13-23(32)19-7-8-24(28-6)29-14-19/h7-8,11-12,14,17H,9-10,13,15-16H2,1-5H3/t17-/m0/s1. The second-order valence-electron chi connectivity index (χ2n) is 9.72. The Morgan fingerprint density at radius 3 is 2.53 bits per heavy atom. The molecule has 1 aromatic carbocycles. The van der Waals surface area contributed by atoms with Crippen molar-refractivity contribution < 1.29 is 14.3 Å². The molecule has 2 aromatic rings. The van der Waals surface area contributed by atoms with Gasteiger partial charge in [0.25, 0.3) is 5.82 Å². The van der Waals surface area contributed by atoms with Crippen LogP contribution in [-0.2, 0) is 17.7 Å². The molecule has 2 heterocycles. The number of nitrogens with zero attached hydrogens (tertiary/aromatic N) is 4. The Bertz CT molecular complexity index is 1100. The number of hydrogen-bond acceptors (Lipinski definition) is 5. The van der Waals surface area contributed by atoms with Crippen LogP contribution in [0, 0.1) is 13.5 Å². The van der Waals surface area contributed by atoms with Gasteiger partial charge in [0.15, 0.2) is 5.78 Å². The normalized spacial score (nSPS) is 16.7. The zero-order valence-corrected chi connectivity index (χ0v) is 21.1. The molecule has 7 nitrogen and oxygen atoms in total. The zero-order chi connectivity index (χ0) is 25.0. The summed E-state index contributed by atoms with van der Waals surface area (Å²) < 4.78 is 5.54. The smallest absolute Gasteiger partial charge is 0.410 e.